The maximum Gasteiger partial charge on any atom is 0.227 e. The van der Waals surface area contributed by atoms with Gasteiger partial charge < -0.3 is 4.42 Å². The smallest absolute Gasteiger partial charge is 0.227 e. The topological polar surface area (TPSA) is 129 Å². The van der Waals surface area contributed by atoms with Gasteiger partial charge in [0.15, 0.2) is 23.1 Å². The van der Waals surface area contributed by atoms with Gasteiger partial charge in [-0.25, -0.2) is 34.9 Å². The molecule has 9 aromatic heterocycles. The van der Waals surface area contributed by atoms with Crippen molar-refractivity contribution in [3.05, 3.63) is 452 Å². The number of hydrogen-bond acceptors (Lipinski definition) is 13. The molecule has 0 spiro atoms. The van der Waals surface area contributed by atoms with Gasteiger partial charge in [0.25, 0.3) is 0 Å². The van der Waals surface area contributed by atoms with Crippen molar-refractivity contribution in [1.82, 2.24) is 44.9 Å². The summed E-state index contributed by atoms with van der Waals surface area (Å²) in [4.78, 5) is 46.1. The van der Waals surface area contributed by atoms with E-state index in [1.807, 2.05) is 125 Å². The number of fused-ring (bicyclic) bond motifs is 19. The molecule has 9 heterocycles. The second kappa shape index (κ2) is 33.8. The zero-order valence-corrected chi connectivity index (χ0v) is 80.4. The molecule has 0 unspecified atom stereocenters. The van der Waals surface area contributed by atoms with Crippen LogP contribution in [0.2, 0.25) is 0 Å². The molecule has 10 nitrogen and oxygen atoms in total. The molecule has 28 rings (SSSR count). The summed E-state index contributed by atoms with van der Waals surface area (Å²) in [5, 5.41) is 7.87. The highest BCUT2D eigenvalue weighted by Gasteiger charge is 2.44. The summed E-state index contributed by atoms with van der Waals surface area (Å²) in [5.74, 6) is 2.70. The summed E-state index contributed by atoms with van der Waals surface area (Å²) in [6, 6.07) is 144. The number of nitrogens with zero attached hydrogens (tertiary/aromatic N) is 9. The Kier molecular flexibility index (Phi) is 20.3. The fourth-order valence-electron chi connectivity index (χ4n) is 21.7. The van der Waals surface area contributed by atoms with Gasteiger partial charge in [-0.05, 0) is 141 Å². The molecule has 0 radical (unpaired) electrons. The average molecular weight is 1860 g/mol. The van der Waals surface area contributed by atoms with Crippen LogP contribution in [0, 0.1) is 0 Å². The Morgan fingerprint density at radius 3 is 0.993 bits per heavy atom. The second-order valence-corrected chi connectivity index (χ2v) is 41.3. The van der Waals surface area contributed by atoms with Gasteiger partial charge in [-0.2, -0.15) is 0 Å². The number of pyridine rings is 2. The molecule has 3 aliphatic carbocycles. The Balaban J connectivity index is 0.000000110. The van der Waals surface area contributed by atoms with Crippen LogP contribution in [-0.4, -0.2) is 44.9 Å². The molecule has 0 atom stereocenters. The lowest BCUT2D eigenvalue weighted by Gasteiger charge is -2.24. The molecule has 3 aliphatic rings. The fraction of sp³-hybridized carbons (Fsp3) is 0.0703. The number of aromatic nitrogens is 9. The molecule has 0 fully saturated rings. The molecule has 0 N–H and O–H groups in total. The van der Waals surface area contributed by atoms with Crippen LogP contribution in [0.1, 0.15) is 74.9 Å². The first-order valence-electron chi connectivity index (χ1n) is 47.8. The van der Waals surface area contributed by atoms with Crippen LogP contribution in [0.3, 0.4) is 0 Å². The van der Waals surface area contributed by atoms with Gasteiger partial charge >= 0.3 is 0 Å². The summed E-state index contributed by atoms with van der Waals surface area (Å²) in [6.07, 6.45) is 3.66. The van der Waals surface area contributed by atoms with E-state index in [0.29, 0.717) is 17.5 Å². The summed E-state index contributed by atoms with van der Waals surface area (Å²) in [5.41, 5.74) is 35.8. The number of hydrogen-bond donors (Lipinski definition) is 0. The highest BCUT2D eigenvalue weighted by atomic mass is 32.1. The van der Waals surface area contributed by atoms with Crippen molar-refractivity contribution < 1.29 is 4.42 Å². The predicted octanol–water partition coefficient (Wildman–Crippen LogP) is 34.4. The monoisotopic (exact) mass is 1860 g/mol. The Morgan fingerprint density at radius 2 is 0.532 bits per heavy atom. The van der Waals surface area contributed by atoms with Gasteiger partial charge in [-0.1, -0.05) is 357 Å². The maximum atomic E-state index is 6.13. The normalized spacial score (nSPS) is 13.2. The molecule has 141 heavy (non-hydrogen) atoms. The van der Waals surface area contributed by atoms with Gasteiger partial charge in [-0.3, -0.25) is 9.97 Å². The number of benzene rings is 16. The first-order chi connectivity index (χ1) is 69.1. The molecule has 0 bridgehead atoms. The summed E-state index contributed by atoms with van der Waals surface area (Å²) >= 11 is 5.59. The van der Waals surface area contributed by atoms with E-state index in [9.17, 15) is 0 Å². The molecule has 668 valence electrons. The van der Waals surface area contributed by atoms with Crippen molar-refractivity contribution in [2.45, 2.75) is 57.8 Å². The number of rotatable bonds is 12. The Morgan fingerprint density at radius 1 is 0.213 bits per heavy atom. The third kappa shape index (κ3) is 14.4. The van der Waals surface area contributed by atoms with E-state index in [-0.39, 0.29) is 16.2 Å². The van der Waals surface area contributed by atoms with Crippen LogP contribution in [0.5, 0.6) is 0 Å². The molecule has 13 heteroatoms. The molecule has 0 saturated carbocycles. The van der Waals surface area contributed by atoms with Crippen molar-refractivity contribution >= 4 is 106 Å². The summed E-state index contributed by atoms with van der Waals surface area (Å²) in [6.45, 7) is 13.8. The van der Waals surface area contributed by atoms with E-state index >= 15 is 0 Å². The Hall–Kier alpha value is -16.8. The fourth-order valence-corrected chi connectivity index (χ4v) is 25.4. The lowest BCUT2D eigenvalue weighted by molar-refractivity contribution is 0.620. The minimum Gasteiger partial charge on any atom is -0.436 e. The van der Waals surface area contributed by atoms with Crippen LogP contribution < -0.4 is 0 Å². The summed E-state index contributed by atoms with van der Waals surface area (Å²) < 4.78 is 14.0. The zero-order chi connectivity index (χ0) is 94.4. The molecular weight excluding hydrogens is 1780 g/mol. The largest absolute Gasteiger partial charge is 0.436 e. The van der Waals surface area contributed by atoms with E-state index in [1.165, 1.54) is 122 Å². The second-order valence-electron chi connectivity index (χ2n) is 38.1. The Bertz CT molecular complexity index is 9250. The third-order valence-electron chi connectivity index (χ3n) is 28.6. The molecule has 16 aromatic carbocycles. The zero-order valence-electron chi connectivity index (χ0n) is 78.0. The molecule has 25 aromatic rings. The predicted molar refractivity (Wildman–Crippen MR) is 586 cm³/mol. The van der Waals surface area contributed by atoms with Gasteiger partial charge in [0, 0.05) is 173 Å². The minimum atomic E-state index is -0.282. The molecule has 0 aliphatic heterocycles. The standard InChI is InChI=1S/C47H32N4S.C44H29N3OS.C37H26N2S/c1-47(2)38-16-5-3-13-37(38)44-42(47)43(30-22-20-29(21-23-30)34-14-11-15-36-35-12-4-6-19-41(35)52-45(34)36)50-46(51-44)33-27-31(39-17-7-9-24-48-39)26-32(28-33)40-18-8-10-25-49-40;1-44(2)34-17-5-3-14-33(34)40-38(44)39(46-42(47-40)28-11-9-12-29(25-28)43-45-35-18-6-7-19-36(35)48-43)27-23-21-26(22-24-27)30-15-10-16-32-31-13-4-8-20-37(31)49-41(30)32;1-37(2)30-20-8-6-17-29(30)34-32(37)33(38-36(39-34)23-12-4-3-5-13-23)25-15-10-14-24(22-25)26-18-11-19-28-27-16-7-9-21-31(27)40-35(26)28/h3-28H,1-2H3;3-25H,1-2H3;3-22H,1-2H3. The average Bonchev–Trinajstić information content (AvgIpc) is 1.57. The quantitative estimate of drug-likeness (QED) is 0.117. The molecule has 0 saturated heterocycles. The number of para-hydroxylation sites is 2. The van der Waals surface area contributed by atoms with E-state index < -0.39 is 0 Å². The van der Waals surface area contributed by atoms with Gasteiger partial charge in [0.05, 0.1) is 45.6 Å². The Labute approximate surface area is 827 Å². The SMILES string of the molecule is CC1(C)c2ccccc2-c2nc(-c3cc(-c4ccccn4)cc(-c4ccccn4)c3)nc(-c3ccc(-c4cccc5c4sc4ccccc45)cc3)c21.CC1(C)c2ccccc2-c2nc(-c3cccc(-c4nc5ccccc5o4)c3)nc(-c3ccc(-c4cccc5c4sc4ccccc45)cc3)c21.CC1(C)c2ccccc2-c2nc(-c3ccccc3)nc(-c3cccc(-c4cccc5c4sc4ccccc45)c3)c21. The van der Waals surface area contributed by atoms with Crippen LogP contribution in [-0.2, 0) is 16.2 Å². The van der Waals surface area contributed by atoms with E-state index in [0.717, 1.165) is 135 Å². The van der Waals surface area contributed by atoms with Gasteiger partial charge in [0.1, 0.15) is 5.52 Å². The lowest BCUT2D eigenvalue weighted by atomic mass is 9.80. The van der Waals surface area contributed by atoms with Crippen molar-refractivity contribution in [2.24, 2.45) is 0 Å². The van der Waals surface area contributed by atoms with E-state index in [4.69, 9.17) is 49.3 Å². The van der Waals surface area contributed by atoms with E-state index in [2.05, 4.69) is 369 Å². The highest BCUT2D eigenvalue weighted by molar-refractivity contribution is 7.27. The van der Waals surface area contributed by atoms with Gasteiger partial charge in [-0.15, -0.1) is 34.0 Å². The minimum absolute atomic E-state index is 0.210. The van der Waals surface area contributed by atoms with Crippen molar-refractivity contribution in [2.75, 3.05) is 0 Å². The first kappa shape index (κ1) is 84.7. The first-order valence-corrected chi connectivity index (χ1v) is 50.2. The van der Waals surface area contributed by atoms with E-state index in [1.54, 1.807) is 0 Å². The van der Waals surface area contributed by atoms with Crippen LogP contribution in [0.4, 0.5) is 0 Å². The number of thiophene rings is 3. The highest BCUT2D eigenvalue weighted by Crippen LogP contribution is 2.57. The van der Waals surface area contributed by atoms with Crippen LogP contribution in [0.15, 0.2) is 423 Å². The third-order valence-corrected chi connectivity index (χ3v) is 32.2. The van der Waals surface area contributed by atoms with Crippen molar-refractivity contribution in [3.63, 3.8) is 0 Å². The lowest BCUT2D eigenvalue weighted by Crippen LogP contribution is -2.17. The molecular formula is C128H87N9OS3. The van der Waals surface area contributed by atoms with Gasteiger partial charge in [0.2, 0.25) is 5.89 Å². The maximum absolute atomic E-state index is 6.13. The van der Waals surface area contributed by atoms with Crippen molar-refractivity contribution in [1.29, 1.82) is 0 Å². The van der Waals surface area contributed by atoms with Crippen LogP contribution >= 0.6 is 34.0 Å². The molecule has 0 amide bonds. The summed E-state index contributed by atoms with van der Waals surface area (Å²) in [7, 11) is 0. The number of oxazole rings is 1. The van der Waals surface area contributed by atoms with Crippen molar-refractivity contribution in [3.8, 4) is 169 Å². The van der Waals surface area contributed by atoms with Crippen LogP contribution in [0.25, 0.3) is 241 Å².